The van der Waals surface area contributed by atoms with Crippen LogP contribution in [0, 0.1) is 4.77 Å². The number of halogens is 3. The highest BCUT2D eigenvalue weighted by Crippen LogP contribution is 2.27. The van der Waals surface area contributed by atoms with E-state index in [9.17, 15) is 13.2 Å². The van der Waals surface area contributed by atoms with Crippen molar-refractivity contribution in [3.63, 3.8) is 0 Å². The van der Waals surface area contributed by atoms with Gasteiger partial charge in [-0.3, -0.25) is 0 Å². The maximum atomic E-state index is 12.8. The number of nitrogens with zero attached hydrogens (tertiary/aromatic N) is 3. The molecule has 0 aliphatic heterocycles. The molecule has 1 aromatic heterocycles. The summed E-state index contributed by atoms with van der Waals surface area (Å²) >= 11 is 4.75. The maximum Gasteiger partial charge on any atom is 0.453 e. The molecule has 1 heterocycles. The molecule has 2 aromatic rings. The first-order valence-electron chi connectivity index (χ1n) is 6.64. The van der Waals surface area contributed by atoms with E-state index in [4.69, 9.17) is 17.0 Å². The molecule has 1 aromatic carbocycles. The van der Waals surface area contributed by atoms with Crippen LogP contribution in [0.2, 0.25) is 0 Å². The number of benzene rings is 1. The first-order valence-corrected chi connectivity index (χ1v) is 7.05. The fraction of sp³-hybridized carbons (Fsp3) is 0.357. The second kappa shape index (κ2) is 6.15. The molecule has 9 heteroatoms. The number of nitrogens with one attached hydrogen (secondary N) is 1. The number of hydrogen-bond donors (Lipinski definition) is 1. The molecule has 0 atom stereocenters. The van der Waals surface area contributed by atoms with Crippen LogP contribution in [-0.4, -0.2) is 26.7 Å². The van der Waals surface area contributed by atoms with E-state index in [0.29, 0.717) is 16.0 Å². The number of aromatic amines is 1. The molecule has 0 radical (unpaired) electrons. The molecule has 5 nitrogen and oxygen atoms in total. The largest absolute Gasteiger partial charge is 0.488 e. The monoisotopic (exact) mass is 344 g/mol. The predicted octanol–water partition coefficient (Wildman–Crippen LogP) is 4.02. The van der Waals surface area contributed by atoms with Crippen molar-refractivity contribution in [3.8, 4) is 5.75 Å². The molecule has 124 valence electrons. The first-order chi connectivity index (χ1) is 10.6. The van der Waals surface area contributed by atoms with Crippen LogP contribution in [0.15, 0.2) is 29.4 Å². The van der Waals surface area contributed by atoms with Gasteiger partial charge in [0.2, 0.25) is 4.77 Å². The molecule has 0 fully saturated rings. The molecule has 1 N–H and O–H groups in total. The van der Waals surface area contributed by atoms with Gasteiger partial charge in [0.15, 0.2) is 0 Å². The minimum atomic E-state index is -4.64. The summed E-state index contributed by atoms with van der Waals surface area (Å²) in [6.45, 7) is 5.76. The van der Waals surface area contributed by atoms with Gasteiger partial charge in [0.05, 0.1) is 6.21 Å². The standard InChI is InChI=1S/C14H15F3N4OS/c1-13(2,3)22-10-6-4-9(5-7-10)8-18-21-11(14(15,16)17)19-20-12(21)23/h4-8H,1-3H3,(H,20,23)/b18-8-. The number of ether oxygens (including phenoxy) is 1. The highest BCUT2D eigenvalue weighted by Gasteiger charge is 2.37. The average Bonchev–Trinajstić information content (AvgIpc) is 2.77. The minimum Gasteiger partial charge on any atom is -0.488 e. The van der Waals surface area contributed by atoms with E-state index in [0.717, 1.165) is 0 Å². The zero-order valence-electron chi connectivity index (χ0n) is 12.7. The van der Waals surface area contributed by atoms with E-state index in [1.54, 1.807) is 24.3 Å². The van der Waals surface area contributed by atoms with Gasteiger partial charge in [-0.05, 0) is 62.8 Å². The van der Waals surface area contributed by atoms with Crippen LogP contribution in [-0.2, 0) is 6.18 Å². The zero-order chi connectivity index (χ0) is 17.3. The van der Waals surface area contributed by atoms with Crippen LogP contribution in [0.1, 0.15) is 32.2 Å². The minimum absolute atomic E-state index is 0.235. The molecule has 0 saturated carbocycles. The Balaban J connectivity index is 2.22. The van der Waals surface area contributed by atoms with Crippen LogP contribution >= 0.6 is 12.2 Å². The number of hydrogen-bond acceptors (Lipinski definition) is 4. The third-order valence-corrected chi connectivity index (χ3v) is 2.79. The van der Waals surface area contributed by atoms with Crippen molar-refractivity contribution < 1.29 is 17.9 Å². The van der Waals surface area contributed by atoms with Crippen LogP contribution in [0.3, 0.4) is 0 Å². The smallest absolute Gasteiger partial charge is 0.453 e. The number of aromatic nitrogens is 3. The van der Waals surface area contributed by atoms with Crippen molar-refractivity contribution in [2.24, 2.45) is 5.10 Å². The lowest BCUT2D eigenvalue weighted by molar-refractivity contribution is -0.147. The summed E-state index contributed by atoms with van der Waals surface area (Å²) in [6.07, 6.45) is -3.38. The molecule has 0 bridgehead atoms. The lowest BCUT2D eigenvalue weighted by atomic mass is 10.2. The molecule has 0 unspecified atom stereocenters. The van der Waals surface area contributed by atoms with Crippen LogP contribution in [0.25, 0.3) is 0 Å². The van der Waals surface area contributed by atoms with Gasteiger partial charge in [0, 0.05) is 0 Å². The average molecular weight is 344 g/mol. The van der Waals surface area contributed by atoms with Gasteiger partial charge in [0.1, 0.15) is 11.4 Å². The summed E-state index contributed by atoms with van der Waals surface area (Å²) in [5, 5.41) is 8.96. The number of alkyl halides is 3. The highest BCUT2D eigenvalue weighted by atomic mass is 32.1. The van der Waals surface area contributed by atoms with Crippen molar-refractivity contribution in [2.75, 3.05) is 0 Å². The SMILES string of the molecule is CC(C)(C)Oc1ccc(/C=N\n2c(C(F)(F)F)n[nH]c2=S)cc1. The Hall–Kier alpha value is -2.16. The van der Waals surface area contributed by atoms with Gasteiger partial charge in [-0.15, -0.1) is 5.10 Å². The van der Waals surface area contributed by atoms with Crippen molar-refractivity contribution >= 4 is 18.4 Å². The Kier molecular flexibility index (Phi) is 4.60. The topological polar surface area (TPSA) is 55.2 Å². The van der Waals surface area contributed by atoms with Gasteiger partial charge in [-0.25, -0.2) is 5.10 Å². The van der Waals surface area contributed by atoms with Crippen LogP contribution < -0.4 is 4.74 Å². The van der Waals surface area contributed by atoms with Gasteiger partial charge < -0.3 is 4.74 Å². The molecule has 23 heavy (non-hydrogen) atoms. The highest BCUT2D eigenvalue weighted by molar-refractivity contribution is 7.71. The molecular weight excluding hydrogens is 329 g/mol. The van der Waals surface area contributed by atoms with Gasteiger partial charge in [-0.1, -0.05) is 0 Å². The van der Waals surface area contributed by atoms with Gasteiger partial charge >= 0.3 is 6.18 Å². The maximum absolute atomic E-state index is 12.8. The molecule has 0 aliphatic carbocycles. The second-order valence-corrected chi connectivity index (χ2v) is 6.08. The molecule has 0 spiro atoms. The zero-order valence-corrected chi connectivity index (χ0v) is 13.5. The Morgan fingerprint density at radius 1 is 1.22 bits per heavy atom. The van der Waals surface area contributed by atoms with E-state index in [1.165, 1.54) is 6.21 Å². The molecule has 0 saturated heterocycles. The number of H-pyrrole nitrogens is 1. The Morgan fingerprint density at radius 3 is 2.35 bits per heavy atom. The van der Waals surface area contributed by atoms with Crippen molar-refractivity contribution in [1.29, 1.82) is 0 Å². The third-order valence-electron chi connectivity index (χ3n) is 2.53. The van der Waals surface area contributed by atoms with Crippen molar-refractivity contribution in [2.45, 2.75) is 32.5 Å². The van der Waals surface area contributed by atoms with E-state index >= 15 is 0 Å². The summed E-state index contributed by atoms with van der Waals surface area (Å²) < 4.78 is 44.2. The fourth-order valence-corrected chi connectivity index (χ4v) is 1.86. The first kappa shape index (κ1) is 17.2. The summed E-state index contributed by atoms with van der Waals surface area (Å²) in [4.78, 5) is 0. The third kappa shape index (κ3) is 4.65. The van der Waals surface area contributed by atoms with E-state index < -0.39 is 12.0 Å². The van der Waals surface area contributed by atoms with E-state index in [1.807, 2.05) is 20.8 Å². The molecule has 2 rings (SSSR count). The lowest BCUT2D eigenvalue weighted by Crippen LogP contribution is -2.22. The predicted molar refractivity (Wildman–Crippen MR) is 82.2 cm³/mol. The van der Waals surface area contributed by atoms with Gasteiger partial charge in [0.25, 0.3) is 5.82 Å². The quantitative estimate of drug-likeness (QED) is 0.676. The Bertz CT molecular complexity index is 754. The molecule has 0 amide bonds. The molecular formula is C14H15F3N4OS. The summed E-state index contributed by atoms with van der Waals surface area (Å²) in [6, 6.07) is 6.79. The second-order valence-electron chi connectivity index (χ2n) is 5.69. The Morgan fingerprint density at radius 2 is 1.83 bits per heavy atom. The Labute approximate surface area is 135 Å². The van der Waals surface area contributed by atoms with E-state index in [2.05, 4.69) is 15.3 Å². The molecule has 0 aliphatic rings. The van der Waals surface area contributed by atoms with Crippen molar-refractivity contribution in [3.05, 3.63) is 40.4 Å². The summed E-state index contributed by atoms with van der Waals surface area (Å²) in [7, 11) is 0. The van der Waals surface area contributed by atoms with E-state index in [-0.39, 0.29) is 10.4 Å². The van der Waals surface area contributed by atoms with Crippen LogP contribution in [0.4, 0.5) is 13.2 Å². The van der Waals surface area contributed by atoms with Crippen molar-refractivity contribution in [1.82, 2.24) is 14.9 Å². The normalized spacial score (nSPS) is 12.8. The number of rotatable bonds is 3. The summed E-state index contributed by atoms with van der Waals surface area (Å²) in [5.41, 5.74) is 0.267. The van der Waals surface area contributed by atoms with Crippen LogP contribution in [0.5, 0.6) is 5.75 Å². The van der Waals surface area contributed by atoms with Gasteiger partial charge in [-0.2, -0.15) is 22.9 Å². The fourth-order valence-electron chi connectivity index (χ4n) is 1.68. The lowest BCUT2D eigenvalue weighted by Gasteiger charge is -2.21. The summed E-state index contributed by atoms with van der Waals surface area (Å²) in [5.74, 6) is -0.544.